The van der Waals surface area contributed by atoms with Gasteiger partial charge in [-0.15, -0.1) is 0 Å². The summed E-state index contributed by atoms with van der Waals surface area (Å²) in [6, 6.07) is 5.82. The van der Waals surface area contributed by atoms with Crippen LogP contribution in [0, 0.1) is 0 Å². The lowest BCUT2D eigenvalue weighted by molar-refractivity contribution is 1.02. The molecule has 0 bridgehead atoms. The smallest absolute Gasteiger partial charge is 0.132 e. The fraction of sp³-hybridized carbons (Fsp3) is 0.100. The predicted octanol–water partition coefficient (Wildman–Crippen LogP) is 2.54. The van der Waals surface area contributed by atoms with Gasteiger partial charge in [0, 0.05) is 18.9 Å². The molecule has 13 heavy (non-hydrogen) atoms. The van der Waals surface area contributed by atoms with E-state index in [0.717, 1.165) is 17.4 Å². The number of hydrogen-bond acceptors (Lipinski definition) is 2. The second-order valence-corrected chi connectivity index (χ2v) is 3.19. The SMILES string of the molecule is ClC1=CN(c2ccccn2)CC=C1. The molecular weight excluding hydrogens is 184 g/mol. The molecule has 0 N–H and O–H groups in total. The summed E-state index contributed by atoms with van der Waals surface area (Å²) in [5, 5.41) is 0.733. The minimum Gasteiger partial charge on any atom is -0.328 e. The second kappa shape index (κ2) is 3.62. The Balaban J connectivity index is 2.24. The van der Waals surface area contributed by atoms with Gasteiger partial charge in [0.1, 0.15) is 5.82 Å². The van der Waals surface area contributed by atoms with E-state index in [1.54, 1.807) is 6.20 Å². The van der Waals surface area contributed by atoms with Gasteiger partial charge in [0.05, 0.1) is 5.03 Å². The van der Waals surface area contributed by atoms with E-state index >= 15 is 0 Å². The van der Waals surface area contributed by atoms with E-state index in [4.69, 9.17) is 11.6 Å². The number of rotatable bonds is 1. The van der Waals surface area contributed by atoms with E-state index in [9.17, 15) is 0 Å². The Hall–Kier alpha value is -1.28. The summed E-state index contributed by atoms with van der Waals surface area (Å²) in [4.78, 5) is 6.23. The molecule has 2 heterocycles. The molecule has 0 saturated carbocycles. The molecule has 0 atom stereocenters. The van der Waals surface area contributed by atoms with E-state index in [-0.39, 0.29) is 0 Å². The Bertz CT molecular complexity index is 343. The van der Waals surface area contributed by atoms with Crippen LogP contribution in [0.2, 0.25) is 0 Å². The summed E-state index contributed by atoms with van der Waals surface area (Å²) >= 11 is 5.87. The molecule has 0 spiro atoms. The highest BCUT2D eigenvalue weighted by atomic mass is 35.5. The first-order valence-electron chi connectivity index (χ1n) is 4.08. The summed E-state index contributed by atoms with van der Waals surface area (Å²) in [7, 11) is 0. The molecule has 1 aromatic heterocycles. The van der Waals surface area contributed by atoms with Crippen LogP contribution in [-0.2, 0) is 0 Å². The van der Waals surface area contributed by atoms with Crippen LogP contribution in [0.5, 0.6) is 0 Å². The Morgan fingerprint density at radius 1 is 1.38 bits per heavy atom. The highest BCUT2D eigenvalue weighted by Crippen LogP contribution is 2.17. The van der Waals surface area contributed by atoms with Crippen LogP contribution in [0.1, 0.15) is 0 Å². The summed E-state index contributed by atoms with van der Waals surface area (Å²) in [6.07, 6.45) is 7.55. The van der Waals surface area contributed by atoms with Gasteiger partial charge in [0.15, 0.2) is 0 Å². The highest BCUT2D eigenvalue weighted by molar-refractivity contribution is 6.31. The van der Waals surface area contributed by atoms with Gasteiger partial charge in [-0.2, -0.15) is 0 Å². The van der Waals surface area contributed by atoms with E-state index in [0.29, 0.717) is 0 Å². The summed E-state index contributed by atoms with van der Waals surface area (Å²) in [6.45, 7) is 0.827. The molecule has 1 aromatic rings. The molecule has 1 aliphatic rings. The topological polar surface area (TPSA) is 16.1 Å². The molecule has 66 valence electrons. The maximum atomic E-state index is 5.87. The first-order chi connectivity index (χ1) is 6.36. The average molecular weight is 193 g/mol. The van der Waals surface area contributed by atoms with Gasteiger partial charge < -0.3 is 4.90 Å². The van der Waals surface area contributed by atoms with Crippen molar-refractivity contribution >= 4 is 17.4 Å². The lowest BCUT2D eigenvalue weighted by atomic mass is 10.3. The molecule has 0 aromatic carbocycles. The minimum absolute atomic E-state index is 0.733. The van der Waals surface area contributed by atoms with E-state index < -0.39 is 0 Å². The monoisotopic (exact) mass is 192 g/mol. The zero-order chi connectivity index (χ0) is 9.10. The average Bonchev–Trinajstić information content (AvgIpc) is 2.19. The van der Waals surface area contributed by atoms with Gasteiger partial charge in [0.25, 0.3) is 0 Å². The van der Waals surface area contributed by atoms with Gasteiger partial charge >= 0.3 is 0 Å². The molecule has 2 nitrogen and oxygen atoms in total. The third kappa shape index (κ3) is 1.90. The zero-order valence-electron chi connectivity index (χ0n) is 7.02. The molecule has 0 fully saturated rings. The molecule has 2 rings (SSSR count). The van der Waals surface area contributed by atoms with Crippen molar-refractivity contribution in [2.24, 2.45) is 0 Å². The molecule has 0 radical (unpaired) electrons. The van der Waals surface area contributed by atoms with Crippen LogP contribution >= 0.6 is 11.6 Å². The zero-order valence-corrected chi connectivity index (χ0v) is 7.78. The van der Waals surface area contributed by atoms with Gasteiger partial charge in [-0.25, -0.2) is 4.98 Å². The third-order valence-electron chi connectivity index (χ3n) is 1.80. The van der Waals surface area contributed by atoms with Crippen LogP contribution < -0.4 is 4.90 Å². The number of nitrogens with zero attached hydrogens (tertiary/aromatic N) is 2. The fourth-order valence-electron chi connectivity index (χ4n) is 1.21. The van der Waals surface area contributed by atoms with E-state index in [2.05, 4.69) is 4.98 Å². The van der Waals surface area contributed by atoms with E-state index in [1.165, 1.54) is 0 Å². The van der Waals surface area contributed by atoms with Crippen molar-refractivity contribution in [3.8, 4) is 0 Å². The van der Waals surface area contributed by atoms with Gasteiger partial charge in [-0.05, 0) is 18.2 Å². The maximum absolute atomic E-state index is 5.87. The highest BCUT2D eigenvalue weighted by Gasteiger charge is 2.05. The number of hydrogen-bond donors (Lipinski definition) is 0. The lowest BCUT2D eigenvalue weighted by Gasteiger charge is -2.19. The summed E-state index contributed by atoms with van der Waals surface area (Å²) in [5.74, 6) is 0.921. The first-order valence-corrected chi connectivity index (χ1v) is 4.45. The van der Waals surface area contributed by atoms with Crippen molar-refractivity contribution in [3.05, 3.63) is 47.8 Å². The summed E-state index contributed by atoms with van der Waals surface area (Å²) in [5.41, 5.74) is 0. The standard InChI is InChI=1S/C10H9ClN2/c11-9-4-3-7-13(8-9)10-5-1-2-6-12-10/h1-6,8H,7H2. The van der Waals surface area contributed by atoms with Crippen LogP contribution in [0.25, 0.3) is 0 Å². The number of pyridine rings is 1. The number of aromatic nitrogens is 1. The fourth-order valence-corrected chi connectivity index (χ4v) is 1.41. The quantitative estimate of drug-likeness (QED) is 0.680. The molecular formula is C10H9ClN2. The number of halogens is 1. The molecule has 0 aliphatic carbocycles. The van der Waals surface area contributed by atoms with Crippen molar-refractivity contribution in [2.45, 2.75) is 0 Å². The van der Waals surface area contributed by atoms with Crippen LogP contribution in [0.4, 0.5) is 5.82 Å². The normalized spacial score (nSPS) is 15.8. The Morgan fingerprint density at radius 2 is 2.31 bits per heavy atom. The first kappa shape index (κ1) is 8.32. The van der Waals surface area contributed by atoms with Crippen molar-refractivity contribution in [1.29, 1.82) is 0 Å². The van der Waals surface area contributed by atoms with Gasteiger partial charge in [-0.1, -0.05) is 23.7 Å². The number of allylic oxidation sites excluding steroid dienone is 2. The Kier molecular flexibility index (Phi) is 2.32. The predicted molar refractivity (Wildman–Crippen MR) is 54.7 cm³/mol. The third-order valence-corrected chi connectivity index (χ3v) is 2.03. The van der Waals surface area contributed by atoms with Crippen molar-refractivity contribution in [3.63, 3.8) is 0 Å². The minimum atomic E-state index is 0.733. The van der Waals surface area contributed by atoms with Crippen molar-refractivity contribution in [2.75, 3.05) is 11.4 Å². The molecule has 3 heteroatoms. The van der Waals surface area contributed by atoms with Crippen LogP contribution in [-0.4, -0.2) is 11.5 Å². The van der Waals surface area contributed by atoms with Crippen molar-refractivity contribution in [1.82, 2.24) is 4.98 Å². The molecule has 0 unspecified atom stereocenters. The molecule has 1 aliphatic heterocycles. The van der Waals surface area contributed by atoms with Gasteiger partial charge in [-0.3, -0.25) is 0 Å². The Morgan fingerprint density at radius 3 is 3.00 bits per heavy atom. The maximum Gasteiger partial charge on any atom is 0.132 e. The second-order valence-electron chi connectivity index (χ2n) is 2.76. The van der Waals surface area contributed by atoms with E-state index in [1.807, 2.05) is 41.5 Å². The van der Waals surface area contributed by atoms with Crippen molar-refractivity contribution < 1.29 is 0 Å². The molecule has 0 saturated heterocycles. The lowest BCUT2D eigenvalue weighted by Crippen LogP contribution is -2.19. The summed E-state index contributed by atoms with van der Waals surface area (Å²) < 4.78 is 0. The van der Waals surface area contributed by atoms with Crippen LogP contribution in [0.3, 0.4) is 0 Å². The largest absolute Gasteiger partial charge is 0.328 e. The van der Waals surface area contributed by atoms with Gasteiger partial charge in [0.2, 0.25) is 0 Å². The van der Waals surface area contributed by atoms with Crippen LogP contribution in [0.15, 0.2) is 47.8 Å². The number of anilines is 1. The Labute approximate surface area is 82.2 Å². The molecule has 0 amide bonds.